The Balaban J connectivity index is 2.70. The minimum atomic E-state index is -0.954. The van der Waals surface area contributed by atoms with Crippen LogP contribution in [0, 0.1) is 5.92 Å². The van der Waals surface area contributed by atoms with Crippen molar-refractivity contribution in [2.45, 2.75) is 25.9 Å². The van der Waals surface area contributed by atoms with E-state index >= 15 is 0 Å². The Kier molecular flexibility index (Phi) is 3.98. The van der Waals surface area contributed by atoms with Crippen LogP contribution in [0.1, 0.15) is 13.8 Å². The van der Waals surface area contributed by atoms with Crippen molar-refractivity contribution >= 4 is 23.6 Å². The molecule has 1 fully saturated rings. The van der Waals surface area contributed by atoms with Crippen LogP contribution >= 0.6 is 11.8 Å². The number of carbonyl (C=O) groups is 2. The lowest BCUT2D eigenvalue weighted by Crippen LogP contribution is -2.50. The summed E-state index contributed by atoms with van der Waals surface area (Å²) in [6.07, 6.45) is 0. The van der Waals surface area contributed by atoms with Crippen molar-refractivity contribution in [3.8, 4) is 0 Å². The maximum absolute atomic E-state index is 11.8. The number of hydrogen-bond donors (Lipinski definition) is 2. The average Bonchev–Trinajstić information content (AvgIpc) is 2.63. The lowest BCUT2D eigenvalue weighted by molar-refractivity contribution is -0.148. The first-order chi connectivity index (χ1) is 6.95. The van der Waals surface area contributed by atoms with E-state index in [2.05, 4.69) is 0 Å². The zero-order valence-electron chi connectivity index (χ0n) is 8.84. The molecular formula is C9H16N2O3S. The molecule has 0 saturated carbocycles. The summed E-state index contributed by atoms with van der Waals surface area (Å²) in [7, 11) is 0. The highest BCUT2D eigenvalue weighted by Gasteiger charge is 2.37. The molecule has 0 aromatic heterocycles. The van der Waals surface area contributed by atoms with Gasteiger partial charge in [0.2, 0.25) is 5.91 Å². The second-order valence-corrected chi connectivity index (χ2v) is 4.93. The number of aliphatic carboxylic acids is 1. The van der Waals surface area contributed by atoms with E-state index in [0.29, 0.717) is 11.6 Å². The smallest absolute Gasteiger partial charge is 0.327 e. The van der Waals surface area contributed by atoms with Gasteiger partial charge in [0.15, 0.2) is 0 Å². The van der Waals surface area contributed by atoms with Gasteiger partial charge in [0.25, 0.3) is 0 Å². The van der Waals surface area contributed by atoms with E-state index in [9.17, 15) is 9.59 Å². The van der Waals surface area contributed by atoms with Crippen LogP contribution in [-0.4, -0.2) is 45.6 Å². The topological polar surface area (TPSA) is 83.6 Å². The monoisotopic (exact) mass is 232 g/mol. The number of amides is 1. The van der Waals surface area contributed by atoms with Crippen LogP contribution in [-0.2, 0) is 9.59 Å². The Hall–Kier alpha value is -0.750. The molecule has 0 radical (unpaired) electrons. The van der Waals surface area contributed by atoms with Gasteiger partial charge in [0.1, 0.15) is 6.04 Å². The summed E-state index contributed by atoms with van der Waals surface area (Å²) in [6, 6.07) is -1.32. The highest BCUT2D eigenvalue weighted by molar-refractivity contribution is 7.99. The number of thioether (sulfide) groups is 1. The highest BCUT2D eigenvalue weighted by Crippen LogP contribution is 2.22. The van der Waals surface area contributed by atoms with E-state index in [0.717, 1.165) is 0 Å². The van der Waals surface area contributed by atoms with E-state index in [1.165, 1.54) is 16.7 Å². The van der Waals surface area contributed by atoms with Gasteiger partial charge in [-0.15, -0.1) is 11.8 Å². The van der Waals surface area contributed by atoms with Gasteiger partial charge < -0.3 is 15.7 Å². The standard InChI is InChI=1S/C9H16N2O3S/c1-5(2)7(10)8(12)11-4-15-3-6(11)9(13)14/h5-7H,3-4,10H2,1-2H3,(H,13,14)/t6?,7-/m1/s1. The van der Waals surface area contributed by atoms with Crippen LogP contribution in [0.15, 0.2) is 0 Å². The molecule has 1 unspecified atom stereocenters. The van der Waals surface area contributed by atoms with E-state index in [-0.39, 0.29) is 11.8 Å². The Morgan fingerprint density at radius 2 is 2.13 bits per heavy atom. The molecule has 1 saturated heterocycles. The second kappa shape index (κ2) is 4.85. The molecule has 1 aliphatic rings. The van der Waals surface area contributed by atoms with Gasteiger partial charge in [-0.2, -0.15) is 0 Å². The first-order valence-electron chi connectivity index (χ1n) is 4.81. The molecule has 1 aliphatic heterocycles. The lowest BCUT2D eigenvalue weighted by Gasteiger charge is -2.25. The Morgan fingerprint density at radius 3 is 2.60 bits per heavy atom. The number of nitrogens with two attached hydrogens (primary N) is 1. The van der Waals surface area contributed by atoms with Gasteiger partial charge in [-0.25, -0.2) is 4.79 Å². The number of hydrogen-bond acceptors (Lipinski definition) is 4. The summed E-state index contributed by atoms with van der Waals surface area (Å²) < 4.78 is 0. The van der Waals surface area contributed by atoms with Crippen LogP contribution in [0.2, 0.25) is 0 Å². The minimum absolute atomic E-state index is 0.0255. The Morgan fingerprint density at radius 1 is 1.53 bits per heavy atom. The van der Waals surface area contributed by atoms with Crippen molar-refractivity contribution < 1.29 is 14.7 Å². The minimum Gasteiger partial charge on any atom is -0.480 e. The lowest BCUT2D eigenvalue weighted by atomic mass is 10.0. The second-order valence-electron chi connectivity index (χ2n) is 3.93. The molecule has 1 heterocycles. The zero-order chi connectivity index (χ0) is 11.6. The number of rotatable bonds is 3. The molecule has 86 valence electrons. The summed E-state index contributed by atoms with van der Waals surface area (Å²) in [6.45, 7) is 3.70. The predicted octanol–water partition coefficient (Wildman–Crippen LogP) is -0.0442. The van der Waals surface area contributed by atoms with Gasteiger partial charge in [0, 0.05) is 5.75 Å². The molecule has 0 spiro atoms. The van der Waals surface area contributed by atoms with Gasteiger partial charge in [-0.1, -0.05) is 13.8 Å². The number of carboxylic acids is 1. The first kappa shape index (κ1) is 12.3. The maximum Gasteiger partial charge on any atom is 0.327 e. The van der Waals surface area contributed by atoms with E-state index in [1.807, 2.05) is 13.8 Å². The Bertz CT molecular complexity index is 270. The molecule has 1 amide bonds. The number of carboxylic acid groups (broad SMARTS) is 1. The summed E-state index contributed by atoms with van der Waals surface area (Å²) in [4.78, 5) is 24.0. The zero-order valence-corrected chi connectivity index (χ0v) is 9.66. The molecule has 0 bridgehead atoms. The third-order valence-corrected chi connectivity index (χ3v) is 3.47. The molecule has 1 rings (SSSR count). The molecule has 0 aromatic carbocycles. The molecule has 3 N–H and O–H groups in total. The Labute approximate surface area is 93.0 Å². The van der Waals surface area contributed by atoms with Gasteiger partial charge in [-0.3, -0.25) is 4.79 Å². The highest BCUT2D eigenvalue weighted by atomic mass is 32.2. The summed E-state index contributed by atoms with van der Waals surface area (Å²) in [5.74, 6) is -0.313. The molecule has 0 aliphatic carbocycles. The fourth-order valence-electron chi connectivity index (χ4n) is 1.34. The first-order valence-corrected chi connectivity index (χ1v) is 5.97. The summed E-state index contributed by atoms with van der Waals surface area (Å²) >= 11 is 1.44. The molecular weight excluding hydrogens is 216 g/mol. The van der Waals surface area contributed by atoms with Gasteiger partial charge >= 0.3 is 5.97 Å². The molecule has 5 nitrogen and oxygen atoms in total. The largest absolute Gasteiger partial charge is 0.480 e. The molecule has 6 heteroatoms. The maximum atomic E-state index is 11.8. The molecule has 0 aromatic rings. The van der Waals surface area contributed by atoms with Crippen molar-refractivity contribution in [2.24, 2.45) is 11.7 Å². The van der Waals surface area contributed by atoms with Crippen LogP contribution in [0.3, 0.4) is 0 Å². The van der Waals surface area contributed by atoms with Crippen molar-refractivity contribution in [1.29, 1.82) is 0 Å². The molecule has 2 atom stereocenters. The van der Waals surface area contributed by atoms with Crippen molar-refractivity contribution in [3.05, 3.63) is 0 Å². The summed E-state index contributed by atoms with van der Waals surface area (Å²) in [5.41, 5.74) is 5.71. The van der Waals surface area contributed by atoms with E-state index in [4.69, 9.17) is 10.8 Å². The van der Waals surface area contributed by atoms with Gasteiger partial charge in [-0.05, 0) is 5.92 Å². The quantitative estimate of drug-likeness (QED) is 0.713. The van der Waals surface area contributed by atoms with Crippen LogP contribution in [0.4, 0.5) is 0 Å². The molecule has 15 heavy (non-hydrogen) atoms. The summed E-state index contributed by atoms with van der Waals surface area (Å²) in [5, 5.41) is 8.90. The normalized spacial score (nSPS) is 23.2. The van der Waals surface area contributed by atoms with Crippen LogP contribution in [0.5, 0.6) is 0 Å². The van der Waals surface area contributed by atoms with Gasteiger partial charge in [0.05, 0.1) is 11.9 Å². The average molecular weight is 232 g/mol. The third-order valence-electron chi connectivity index (χ3n) is 2.45. The SMILES string of the molecule is CC(C)[C@@H](N)C(=O)N1CSCC1C(=O)O. The van der Waals surface area contributed by atoms with Crippen molar-refractivity contribution in [3.63, 3.8) is 0 Å². The third kappa shape index (κ3) is 2.63. The predicted molar refractivity (Wildman–Crippen MR) is 58.4 cm³/mol. The van der Waals surface area contributed by atoms with Crippen LogP contribution < -0.4 is 5.73 Å². The van der Waals surface area contributed by atoms with E-state index in [1.54, 1.807) is 0 Å². The van der Waals surface area contributed by atoms with Crippen molar-refractivity contribution in [1.82, 2.24) is 4.90 Å². The van der Waals surface area contributed by atoms with Crippen molar-refractivity contribution in [2.75, 3.05) is 11.6 Å². The number of carbonyl (C=O) groups excluding carboxylic acids is 1. The fourth-order valence-corrected chi connectivity index (χ4v) is 2.50. The number of nitrogens with zero attached hydrogens (tertiary/aromatic N) is 1. The fraction of sp³-hybridized carbons (Fsp3) is 0.778. The van der Waals surface area contributed by atoms with E-state index < -0.39 is 18.1 Å². The van der Waals surface area contributed by atoms with Crippen LogP contribution in [0.25, 0.3) is 0 Å².